The number of alkyl carbamates (subject to hydrolysis) is 1. The molecule has 122 valence electrons. The second kappa shape index (κ2) is 6.99. The summed E-state index contributed by atoms with van der Waals surface area (Å²) in [7, 11) is 0. The summed E-state index contributed by atoms with van der Waals surface area (Å²) in [6, 6.07) is 0.548. The summed E-state index contributed by atoms with van der Waals surface area (Å²) in [5.74, 6) is 0. The minimum Gasteiger partial charge on any atom is -0.444 e. The van der Waals surface area contributed by atoms with E-state index in [2.05, 4.69) is 10.6 Å². The Balaban J connectivity index is 1.97. The Bertz CT molecular complexity index is 337. The van der Waals surface area contributed by atoms with Crippen LogP contribution >= 0.6 is 0 Å². The number of hydrogen-bond donors (Lipinski definition) is 2. The van der Waals surface area contributed by atoms with Crippen molar-refractivity contribution in [3.8, 4) is 0 Å². The number of carbonyl (C=O) groups is 1. The molecular formula is C17H32N2O2. The Morgan fingerprint density at radius 3 is 2.48 bits per heavy atom. The normalized spacial score (nSPS) is 26.1. The summed E-state index contributed by atoms with van der Waals surface area (Å²) in [6.07, 6.45) is 10.5. The van der Waals surface area contributed by atoms with Crippen molar-refractivity contribution in [2.45, 2.75) is 95.7 Å². The maximum atomic E-state index is 12.2. The number of nitrogens with one attached hydrogen (secondary N) is 2. The van der Waals surface area contributed by atoms with Gasteiger partial charge in [0, 0.05) is 11.6 Å². The van der Waals surface area contributed by atoms with Gasteiger partial charge >= 0.3 is 6.09 Å². The molecule has 1 heterocycles. The lowest BCUT2D eigenvalue weighted by molar-refractivity contribution is 0.0402. The Hall–Kier alpha value is -0.770. The number of carbonyl (C=O) groups excluding carboxylic acids is 1. The van der Waals surface area contributed by atoms with Gasteiger partial charge in [0.05, 0.1) is 0 Å². The number of hydrogen-bond acceptors (Lipinski definition) is 3. The molecule has 1 saturated heterocycles. The van der Waals surface area contributed by atoms with Gasteiger partial charge in [0.15, 0.2) is 0 Å². The SMILES string of the molecule is CC(C)(C)OC(=O)NC1(CC2CCCCN2)CCCCC1. The first-order valence-electron chi connectivity index (χ1n) is 8.63. The van der Waals surface area contributed by atoms with Crippen LogP contribution in [-0.4, -0.2) is 29.8 Å². The van der Waals surface area contributed by atoms with E-state index < -0.39 is 5.60 Å². The van der Waals surface area contributed by atoms with Crippen LogP contribution < -0.4 is 10.6 Å². The van der Waals surface area contributed by atoms with Crippen LogP contribution in [0.3, 0.4) is 0 Å². The summed E-state index contributed by atoms with van der Waals surface area (Å²) < 4.78 is 5.48. The average Bonchev–Trinajstić information content (AvgIpc) is 2.38. The first-order valence-corrected chi connectivity index (χ1v) is 8.63. The number of ether oxygens (including phenoxy) is 1. The van der Waals surface area contributed by atoms with E-state index in [9.17, 15) is 4.79 Å². The largest absolute Gasteiger partial charge is 0.444 e. The van der Waals surface area contributed by atoms with Crippen LogP contribution in [0.1, 0.15) is 78.6 Å². The molecular weight excluding hydrogens is 264 g/mol. The molecule has 1 aliphatic heterocycles. The maximum Gasteiger partial charge on any atom is 0.408 e. The van der Waals surface area contributed by atoms with Gasteiger partial charge < -0.3 is 15.4 Å². The molecule has 2 N–H and O–H groups in total. The van der Waals surface area contributed by atoms with E-state index in [4.69, 9.17) is 4.74 Å². The predicted octanol–water partition coefficient (Wildman–Crippen LogP) is 3.75. The van der Waals surface area contributed by atoms with Gasteiger partial charge in [-0.2, -0.15) is 0 Å². The molecule has 0 radical (unpaired) electrons. The molecule has 0 spiro atoms. The van der Waals surface area contributed by atoms with Crippen molar-refractivity contribution in [3.05, 3.63) is 0 Å². The van der Waals surface area contributed by atoms with Gasteiger partial charge in [0.25, 0.3) is 0 Å². The molecule has 2 aliphatic rings. The summed E-state index contributed by atoms with van der Waals surface area (Å²) >= 11 is 0. The Labute approximate surface area is 129 Å². The van der Waals surface area contributed by atoms with Crippen molar-refractivity contribution >= 4 is 6.09 Å². The zero-order chi connectivity index (χ0) is 15.3. The third-order valence-electron chi connectivity index (χ3n) is 4.63. The molecule has 1 saturated carbocycles. The first kappa shape index (κ1) is 16.6. The van der Waals surface area contributed by atoms with Crippen LogP contribution in [0.5, 0.6) is 0 Å². The quantitative estimate of drug-likeness (QED) is 0.834. The van der Waals surface area contributed by atoms with Crippen LogP contribution in [0, 0.1) is 0 Å². The maximum absolute atomic E-state index is 12.2. The minimum atomic E-state index is -0.428. The van der Waals surface area contributed by atoms with Gasteiger partial charge in [-0.1, -0.05) is 25.7 Å². The van der Waals surface area contributed by atoms with Crippen molar-refractivity contribution in [1.82, 2.24) is 10.6 Å². The van der Waals surface area contributed by atoms with Crippen LogP contribution in [-0.2, 0) is 4.74 Å². The fourth-order valence-electron chi connectivity index (χ4n) is 3.70. The highest BCUT2D eigenvalue weighted by molar-refractivity contribution is 5.68. The van der Waals surface area contributed by atoms with E-state index in [1.165, 1.54) is 38.5 Å². The summed E-state index contributed by atoms with van der Waals surface area (Å²) in [4.78, 5) is 12.2. The molecule has 2 fully saturated rings. The standard InChI is InChI=1S/C17H32N2O2/c1-16(2,3)21-15(20)19-17(10-6-4-7-11-17)13-14-9-5-8-12-18-14/h14,18H,4-13H2,1-3H3,(H,19,20). The number of piperidine rings is 1. The molecule has 1 atom stereocenters. The highest BCUT2D eigenvalue weighted by atomic mass is 16.6. The predicted molar refractivity (Wildman–Crippen MR) is 85.4 cm³/mol. The van der Waals surface area contributed by atoms with E-state index >= 15 is 0 Å². The summed E-state index contributed by atoms with van der Waals surface area (Å²) in [6.45, 7) is 6.88. The zero-order valence-corrected chi connectivity index (χ0v) is 14.0. The molecule has 0 aromatic carbocycles. The lowest BCUT2D eigenvalue weighted by Crippen LogP contribution is -2.54. The van der Waals surface area contributed by atoms with E-state index in [1.807, 2.05) is 20.8 Å². The minimum absolute atomic E-state index is 0.0599. The second-order valence-electron chi connectivity index (χ2n) is 7.82. The van der Waals surface area contributed by atoms with Crippen LogP contribution in [0.4, 0.5) is 4.79 Å². The van der Waals surface area contributed by atoms with Gasteiger partial charge in [-0.15, -0.1) is 0 Å². The topological polar surface area (TPSA) is 50.4 Å². The van der Waals surface area contributed by atoms with Crippen molar-refractivity contribution in [2.24, 2.45) is 0 Å². The highest BCUT2D eigenvalue weighted by Crippen LogP contribution is 2.33. The van der Waals surface area contributed by atoms with Crippen molar-refractivity contribution < 1.29 is 9.53 Å². The Morgan fingerprint density at radius 1 is 1.19 bits per heavy atom. The molecule has 0 aromatic heterocycles. The lowest BCUT2D eigenvalue weighted by Gasteiger charge is -2.41. The smallest absolute Gasteiger partial charge is 0.408 e. The summed E-state index contributed by atoms with van der Waals surface area (Å²) in [5.41, 5.74) is -0.487. The van der Waals surface area contributed by atoms with E-state index in [0.29, 0.717) is 6.04 Å². The highest BCUT2D eigenvalue weighted by Gasteiger charge is 2.37. The van der Waals surface area contributed by atoms with E-state index in [1.54, 1.807) is 0 Å². The number of rotatable bonds is 3. The molecule has 1 amide bonds. The fourth-order valence-corrected chi connectivity index (χ4v) is 3.70. The molecule has 1 aliphatic carbocycles. The first-order chi connectivity index (χ1) is 9.89. The Morgan fingerprint density at radius 2 is 1.90 bits per heavy atom. The van der Waals surface area contributed by atoms with Crippen molar-refractivity contribution in [1.29, 1.82) is 0 Å². The van der Waals surface area contributed by atoms with Gasteiger partial charge in [-0.25, -0.2) is 4.79 Å². The molecule has 21 heavy (non-hydrogen) atoms. The van der Waals surface area contributed by atoms with E-state index in [-0.39, 0.29) is 11.6 Å². The monoisotopic (exact) mass is 296 g/mol. The Kier molecular flexibility index (Phi) is 5.53. The lowest BCUT2D eigenvalue weighted by atomic mass is 9.76. The third-order valence-corrected chi connectivity index (χ3v) is 4.63. The van der Waals surface area contributed by atoms with Crippen molar-refractivity contribution in [2.75, 3.05) is 6.54 Å². The molecule has 0 bridgehead atoms. The van der Waals surface area contributed by atoms with Gasteiger partial charge in [0.2, 0.25) is 0 Å². The van der Waals surface area contributed by atoms with Crippen LogP contribution in [0.2, 0.25) is 0 Å². The summed E-state index contributed by atoms with van der Waals surface area (Å²) in [5, 5.41) is 6.86. The molecule has 4 heteroatoms. The van der Waals surface area contributed by atoms with Crippen LogP contribution in [0.15, 0.2) is 0 Å². The number of amides is 1. The van der Waals surface area contributed by atoms with Gasteiger partial charge in [-0.05, 0) is 59.4 Å². The second-order valence-corrected chi connectivity index (χ2v) is 7.82. The van der Waals surface area contributed by atoms with Gasteiger partial charge in [-0.3, -0.25) is 0 Å². The third kappa shape index (κ3) is 5.50. The average molecular weight is 296 g/mol. The molecule has 0 aromatic rings. The molecule has 4 nitrogen and oxygen atoms in total. The van der Waals surface area contributed by atoms with Crippen LogP contribution in [0.25, 0.3) is 0 Å². The molecule has 1 unspecified atom stereocenters. The molecule has 2 rings (SSSR count). The van der Waals surface area contributed by atoms with Gasteiger partial charge in [0.1, 0.15) is 5.60 Å². The fraction of sp³-hybridized carbons (Fsp3) is 0.941. The zero-order valence-electron chi connectivity index (χ0n) is 14.0. The van der Waals surface area contributed by atoms with Crippen molar-refractivity contribution in [3.63, 3.8) is 0 Å². The van der Waals surface area contributed by atoms with E-state index in [0.717, 1.165) is 25.8 Å².